The van der Waals surface area contributed by atoms with Crippen molar-refractivity contribution < 1.29 is 14.5 Å². The number of aromatic nitrogens is 2. The molecule has 1 fully saturated rings. The molecule has 0 saturated heterocycles. The highest BCUT2D eigenvalue weighted by atomic mass is 79.9. The summed E-state index contributed by atoms with van der Waals surface area (Å²) in [6.07, 6.45) is 6.33. The fourth-order valence-electron chi connectivity index (χ4n) is 4.02. The minimum atomic E-state index is -0.573. The Morgan fingerprint density at radius 2 is 2.00 bits per heavy atom. The minimum absolute atomic E-state index is 0.0784. The second-order valence-corrected chi connectivity index (χ2v) is 8.82. The number of nitro benzene ring substituents is 1. The summed E-state index contributed by atoms with van der Waals surface area (Å²) in [5.74, 6) is 0.177. The molecule has 2 aromatic carbocycles. The molecule has 33 heavy (non-hydrogen) atoms. The number of hydrogen-bond acceptors (Lipinski definition) is 7. The highest BCUT2D eigenvalue weighted by molar-refractivity contribution is 9.10. The largest absolute Gasteiger partial charge is 0.426 e. The fourth-order valence-corrected chi connectivity index (χ4v) is 4.38. The van der Waals surface area contributed by atoms with Crippen LogP contribution in [0.5, 0.6) is 5.75 Å². The van der Waals surface area contributed by atoms with Crippen molar-refractivity contribution >= 4 is 44.7 Å². The van der Waals surface area contributed by atoms with Gasteiger partial charge in [0.2, 0.25) is 0 Å². The van der Waals surface area contributed by atoms with Gasteiger partial charge in [0.25, 0.3) is 11.2 Å². The number of esters is 1. The van der Waals surface area contributed by atoms with Gasteiger partial charge in [-0.2, -0.15) is 9.78 Å². The molecule has 0 radical (unpaired) electrons. The van der Waals surface area contributed by atoms with Gasteiger partial charge in [-0.1, -0.05) is 35.2 Å². The van der Waals surface area contributed by atoms with Crippen LogP contribution in [0.1, 0.15) is 56.3 Å². The number of benzene rings is 2. The van der Waals surface area contributed by atoms with Crippen molar-refractivity contribution in [2.24, 2.45) is 5.10 Å². The van der Waals surface area contributed by atoms with Crippen LogP contribution in [0.3, 0.4) is 0 Å². The number of carbonyl (C=O) groups is 1. The first-order valence-electron chi connectivity index (χ1n) is 10.6. The number of hydrogen-bond donors (Lipinski definition) is 0. The molecule has 0 amide bonds. The molecule has 1 aromatic heterocycles. The highest BCUT2D eigenvalue weighted by Crippen LogP contribution is 2.32. The van der Waals surface area contributed by atoms with Crippen LogP contribution >= 0.6 is 15.9 Å². The van der Waals surface area contributed by atoms with Crippen molar-refractivity contribution in [3.63, 3.8) is 0 Å². The van der Waals surface area contributed by atoms with E-state index in [1.165, 1.54) is 36.0 Å². The first kappa shape index (κ1) is 22.8. The summed E-state index contributed by atoms with van der Waals surface area (Å²) in [4.78, 5) is 40.3. The van der Waals surface area contributed by atoms with Crippen LogP contribution in [0.15, 0.2) is 50.8 Å². The highest BCUT2D eigenvalue weighted by Gasteiger charge is 2.23. The third kappa shape index (κ3) is 5.00. The average molecular weight is 513 g/mol. The van der Waals surface area contributed by atoms with Crippen molar-refractivity contribution in [1.29, 1.82) is 0 Å². The summed E-state index contributed by atoms with van der Waals surface area (Å²) in [7, 11) is 0. The van der Waals surface area contributed by atoms with Crippen molar-refractivity contribution in [3.05, 3.63) is 72.7 Å². The maximum atomic E-state index is 13.4. The number of halogens is 1. The van der Waals surface area contributed by atoms with Gasteiger partial charge in [-0.3, -0.25) is 19.7 Å². The van der Waals surface area contributed by atoms with E-state index in [9.17, 15) is 19.7 Å². The maximum absolute atomic E-state index is 13.4. The Balaban J connectivity index is 1.87. The van der Waals surface area contributed by atoms with E-state index in [-0.39, 0.29) is 28.5 Å². The van der Waals surface area contributed by atoms with Crippen molar-refractivity contribution in [1.82, 2.24) is 9.66 Å². The minimum Gasteiger partial charge on any atom is -0.426 e. The molecule has 0 unspecified atom stereocenters. The van der Waals surface area contributed by atoms with Crippen LogP contribution < -0.4 is 10.3 Å². The van der Waals surface area contributed by atoms with Gasteiger partial charge in [-0.05, 0) is 37.1 Å². The predicted molar refractivity (Wildman–Crippen MR) is 127 cm³/mol. The SMILES string of the molecule is CC(=O)Oc1ccc([N+](=O)[O-])cc1C=Nn1c(C2CCCCC2)nc2ccc(Br)cc2c1=O. The predicted octanol–water partition coefficient (Wildman–Crippen LogP) is 4.92. The van der Waals surface area contributed by atoms with E-state index >= 15 is 0 Å². The molecule has 10 heteroatoms. The number of non-ortho nitro benzene ring substituents is 1. The Labute approximate surface area is 197 Å². The molecule has 1 aliphatic carbocycles. The van der Waals surface area contributed by atoms with Gasteiger partial charge in [0.15, 0.2) is 0 Å². The van der Waals surface area contributed by atoms with Crippen LogP contribution in [0.25, 0.3) is 10.9 Å². The van der Waals surface area contributed by atoms with Crippen molar-refractivity contribution in [2.75, 3.05) is 0 Å². The smallest absolute Gasteiger partial charge is 0.308 e. The molecule has 0 aliphatic heterocycles. The maximum Gasteiger partial charge on any atom is 0.308 e. The van der Waals surface area contributed by atoms with Gasteiger partial charge in [0, 0.05) is 35.0 Å². The van der Waals surface area contributed by atoms with E-state index in [1.807, 2.05) is 6.07 Å². The van der Waals surface area contributed by atoms with E-state index in [0.29, 0.717) is 16.7 Å². The molecule has 9 nitrogen and oxygen atoms in total. The van der Waals surface area contributed by atoms with Crippen molar-refractivity contribution in [2.45, 2.75) is 44.9 Å². The van der Waals surface area contributed by atoms with Gasteiger partial charge in [0.1, 0.15) is 11.6 Å². The van der Waals surface area contributed by atoms with Crippen molar-refractivity contribution in [3.8, 4) is 5.75 Å². The Morgan fingerprint density at radius 3 is 2.70 bits per heavy atom. The summed E-state index contributed by atoms with van der Waals surface area (Å²) in [5.41, 5.74) is 0.270. The molecular formula is C23H21BrN4O5. The van der Waals surface area contributed by atoms with E-state index < -0.39 is 10.9 Å². The van der Waals surface area contributed by atoms with Crippen LogP contribution in [0, 0.1) is 10.1 Å². The molecule has 1 heterocycles. The second kappa shape index (κ2) is 9.62. The van der Waals surface area contributed by atoms with Gasteiger partial charge >= 0.3 is 5.97 Å². The van der Waals surface area contributed by atoms with Gasteiger partial charge in [-0.15, -0.1) is 0 Å². The number of carbonyl (C=O) groups excluding carboxylic acids is 1. The van der Waals surface area contributed by atoms with E-state index in [4.69, 9.17) is 9.72 Å². The molecule has 1 saturated carbocycles. The summed E-state index contributed by atoms with van der Waals surface area (Å²) < 4.78 is 7.18. The number of fused-ring (bicyclic) bond motifs is 1. The summed E-state index contributed by atoms with van der Waals surface area (Å²) in [6, 6.07) is 9.14. The first-order valence-corrected chi connectivity index (χ1v) is 11.4. The quantitative estimate of drug-likeness (QED) is 0.157. The van der Waals surface area contributed by atoms with Crippen LogP contribution in [-0.4, -0.2) is 26.8 Å². The number of nitro groups is 1. The monoisotopic (exact) mass is 512 g/mol. The zero-order chi connectivity index (χ0) is 23.5. The van der Waals surface area contributed by atoms with Gasteiger partial charge in [-0.25, -0.2) is 4.98 Å². The third-order valence-electron chi connectivity index (χ3n) is 5.57. The molecule has 0 bridgehead atoms. The Hall–Kier alpha value is -3.40. The van der Waals surface area contributed by atoms with Crippen LogP contribution in [-0.2, 0) is 4.79 Å². The lowest BCUT2D eigenvalue weighted by Crippen LogP contribution is -2.25. The van der Waals surface area contributed by atoms with E-state index in [0.717, 1.165) is 36.6 Å². The third-order valence-corrected chi connectivity index (χ3v) is 6.07. The standard InChI is InChI=1S/C23H21BrN4O5/c1-14(29)33-21-10-8-18(28(31)32)11-16(21)13-25-27-22(15-5-3-2-4-6-15)26-20-9-7-17(24)12-19(20)23(27)30/h7-13,15H,2-6H2,1H3. The molecule has 4 rings (SSSR count). The zero-order valence-corrected chi connectivity index (χ0v) is 19.4. The lowest BCUT2D eigenvalue weighted by atomic mass is 9.88. The Bertz CT molecular complexity index is 1330. The normalized spacial score (nSPS) is 14.6. The fraction of sp³-hybridized carbons (Fsp3) is 0.304. The summed E-state index contributed by atoms with van der Waals surface area (Å²) in [6.45, 7) is 1.24. The second-order valence-electron chi connectivity index (χ2n) is 7.90. The molecule has 1 aliphatic rings. The topological polar surface area (TPSA) is 117 Å². The molecule has 0 atom stereocenters. The zero-order valence-electron chi connectivity index (χ0n) is 17.9. The Kier molecular flexibility index (Phi) is 6.64. The Morgan fingerprint density at radius 1 is 1.24 bits per heavy atom. The molecule has 0 N–H and O–H groups in total. The first-order chi connectivity index (χ1) is 15.8. The molecule has 170 valence electrons. The average Bonchev–Trinajstić information content (AvgIpc) is 2.79. The molecule has 3 aromatic rings. The number of ether oxygens (including phenoxy) is 1. The lowest BCUT2D eigenvalue weighted by Gasteiger charge is -2.22. The molecule has 0 spiro atoms. The lowest BCUT2D eigenvalue weighted by molar-refractivity contribution is -0.384. The van der Waals surface area contributed by atoms with Crippen LogP contribution in [0.2, 0.25) is 0 Å². The summed E-state index contributed by atoms with van der Waals surface area (Å²) in [5, 5.41) is 16.0. The van der Waals surface area contributed by atoms with E-state index in [1.54, 1.807) is 12.1 Å². The van der Waals surface area contributed by atoms with E-state index in [2.05, 4.69) is 21.0 Å². The number of nitrogens with zero attached hydrogens (tertiary/aromatic N) is 4. The van der Waals surface area contributed by atoms with Crippen LogP contribution in [0.4, 0.5) is 5.69 Å². The summed E-state index contributed by atoms with van der Waals surface area (Å²) >= 11 is 3.39. The number of rotatable bonds is 5. The van der Waals surface area contributed by atoms with Gasteiger partial charge < -0.3 is 4.74 Å². The molecular weight excluding hydrogens is 492 g/mol. The van der Waals surface area contributed by atoms with Gasteiger partial charge in [0.05, 0.1) is 22.0 Å².